The van der Waals surface area contributed by atoms with Crippen molar-refractivity contribution in [1.82, 2.24) is 0 Å². The highest BCUT2D eigenvalue weighted by Crippen LogP contribution is 2.29. The first-order valence-electron chi connectivity index (χ1n) is 5.39. The molecule has 1 rings (SSSR count). The van der Waals surface area contributed by atoms with Gasteiger partial charge in [-0.15, -0.1) is 0 Å². The molecular weight excluding hydrogens is 227 g/mol. The molecule has 0 spiro atoms. The highest BCUT2D eigenvalue weighted by Gasteiger charge is 2.24. The summed E-state index contributed by atoms with van der Waals surface area (Å²) < 4.78 is 13.2. The molecule has 0 aliphatic heterocycles. The summed E-state index contributed by atoms with van der Waals surface area (Å²) in [6, 6.07) is 4.81. The number of aliphatic hydroxyl groups is 1. The Bertz CT molecular complexity index is 357. The normalized spacial score (nSPS) is 13.9. The average Bonchev–Trinajstić information content (AvgIpc) is 2.18. The molecule has 0 saturated carbocycles. The summed E-state index contributed by atoms with van der Waals surface area (Å²) >= 11 is 5.62. The second-order valence-corrected chi connectivity index (χ2v) is 5.61. The molecule has 0 fully saturated rings. The monoisotopic (exact) mass is 244 g/mol. The molecule has 0 aliphatic carbocycles. The lowest BCUT2D eigenvalue weighted by Gasteiger charge is -2.29. The summed E-state index contributed by atoms with van der Waals surface area (Å²) in [6.45, 7) is 6.31. The zero-order valence-electron chi connectivity index (χ0n) is 9.93. The maximum absolute atomic E-state index is 13.2. The van der Waals surface area contributed by atoms with Crippen LogP contribution in [0.4, 0.5) is 4.39 Å². The quantitative estimate of drug-likeness (QED) is 0.860. The SMILES string of the molecule is CC(C)(C)C(CO)Cc1ccc(Cl)c(F)c1. The number of hydrogen-bond donors (Lipinski definition) is 1. The van der Waals surface area contributed by atoms with Gasteiger partial charge in [0.25, 0.3) is 0 Å². The third-order valence-electron chi connectivity index (χ3n) is 2.91. The first-order chi connectivity index (χ1) is 7.34. The fraction of sp³-hybridized carbons (Fsp3) is 0.538. The minimum atomic E-state index is -0.398. The highest BCUT2D eigenvalue weighted by atomic mass is 35.5. The van der Waals surface area contributed by atoms with E-state index in [1.54, 1.807) is 12.1 Å². The minimum absolute atomic E-state index is 0.00482. The molecule has 0 amide bonds. The van der Waals surface area contributed by atoms with Crippen LogP contribution in [0.5, 0.6) is 0 Å². The highest BCUT2D eigenvalue weighted by molar-refractivity contribution is 6.30. The Balaban J connectivity index is 2.83. The van der Waals surface area contributed by atoms with E-state index in [0.717, 1.165) is 5.56 Å². The number of benzene rings is 1. The topological polar surface area (TPSA) is 20.2 Å². The summed E-state index contributed by atoms with van der Waals surface area (Å²) in [5.74, 6) is -0.280. The van der Waals surface area contributed by atoms with Crippen molar-refractivity contribution in [2.24, 2.45) is 11.3 Å². The molecule has 1 nitrogen and oxygen atoms in total. The molecule has 1 aromatic carbocycles. The molecule has 0 saturated heterocycles. The second kappa shape index (κ2) is 5.15. The zero-order chi connectivity index (χ0) is 12.3. The van der Waals surface area contributed by atoms with E-state index in [2.05, 4.69) is 20.8 Å². The molecule has 1 unspecified atom stereocenters. The Morgan fingerprint density at radius 2 is 2.00 bits per heavy atom. The summed E-state index contributed by atoms with van der Waals surface area (Å²) in [5.41, 5.74) is 0.876. The van der Waals surface area contributed by atoms with E-state index in [1.807, 2.05) is 0 Å². The fourth-order valence-electron chi connectivity index (χ4n) is 1.60. The molecular formula is C13H18ClFO. The molecule has 0 aromatic heterocycles. The van der Waals surface area contributed by atoms with Crippen molar-refractivity contribution in [2.45, 2.75) is 27.2 Å². The van der Waals surface area contributed by atoms with Gasteiger partial charge in [-0.05, 0) is 35.4 Å². The van der Waals surface area contributed by atoms with E-state index < -0.39 is 5.82 Å². The Labute approximate surface area is 101 Å². The predicted octanol–water partition coefficient (Wildman–Crippen LogP) is 3.68. The smallest absolute Gasteiger partial charge is 0.142 e. The van der Waals surface area contributed by atoms with Crippen molar-refractivity contribution in [2.75, 3.05) is 6.61 Å². The van der Waals surface area contributed by atoms with Crippen molar-refractivity contribution in [3.63, 3.8) is 0 Å². The molecule has 0 radical (unpaired) electrons. The van der Waals surface area contributed by atoms with Crippen LogP contribution in [-0.4, -0.2) is 11.7 Å². The van der Waals surface area contributed by atoms with Crippen molar-refractivity contribution in [1.29, 1.82) is 0 Å². The van der Waals surface area contributed by atoms with Crippen molar-refractivity contribution in [3.05, 3.63) is 34.6 Å². The Hall–Kier alpha value is -0.600. The Morgan fingerprint density at radius 1 is 1.38 bits per heavy atom. The molecule has 16 heavy (non-hydrogen) atoms. The molecule has 1 atom stereocenters. The molecule has 0 aliphatic rings. The lowest BCUT2D eigenvalue weighted by atomic mass is 9.78. The minimum Gasteiger partial charge on any atom is -0.396 e. The van der Waals surface area contributed by atoms with Gasteiger partial charge in [-0.3, -0.25) is 0 Å². The van der Waals surface area contributed by atoms with Crippen LogP contribution in [0.2, 0.25) is 5.02 Å². The first kappa shape index (κ1) is 13.5. The third kappa shape index (κ3) is 3.46. The summed E-state index contributed by atoms with van der Waals surface area (Å²) in [4.78, 5) is 0. The zero-order valence-corrected chi connectivity index (χ0v) is 10.7. The molecule has 1 N–H and O–H groups in total. The van der Waals surface area contributed by atoms with Crippen LogP contribution >= 0.6 is 11.6 Å². The van der Waals surface area contributed by atoms with E-state index in [1.165, 1.54) is 6.07 Å². The summed E-state index contributed by atoms with van der Waals surface area (Å²) in [5, 5.41) is 9.47. The van der Waals surface area contributed by atoms with Crippen LogP contribution in [0, 0.1) is 17.2 Å². The number of hydrogen-bond acceptors (Lipinski definition) is 1. The number of rotatable bonds is 3. The maximum atomic E-state index is 13.2. The van der Waals surface area contributed by atoms with Crippen LogP contribution in [0.15, 0.2) is 18.2 Å². The van der Waals surface area contributed by atoms with Crippen LogP contribution in [0.3, 0.4) is 0 Å². The average molecular weight is 245 g/mol. The van der Waals surface area contributed by atoms with Gasteiger partial charge in [-0.2, -0.15) is 0 Å². The summed E-state index contributed by atoms with van der Waals surface area (Å²) in [6.07, 6.45) is 0.661. The standard InChI is InChI=1S/C13H18ClFO/c1-13(2,3)10(8-16)6-9-4-5-11(14)12(15)7-9/h4-5,7,10,16H,6,8H2,1-3H3. The van der Waals surface area contributed by atoms with Gasteiger partial charge >= 0.3 is 0 Å². The van der Waals surface area contributed by atoms with Gasteiger partial charge in [0.05, 0.1) is 5.02 Å². The van der Waals surface area contributed by atoms with E-state index in [-0.39, 0.29) is 23.0 Å². The number of halogens is 2. The Morgan fingerprint density at radius 3 is 2.44 bits per heavy atom. The van der Waals surface area contributed by atoms with Crippen LogP contribution in [0.25, 0.3) is 0 Å². The molecule has 0 heterocycles. The second-order valence-electron chi connectivity index (χ2n) is 5.20. The van der Waals surface area contributed by atoms with E-state index in [0.29, 0.717) is 6.42 Å². The summed E-state index contributed by atoms with van der Waals surface area (Å²) in [7, 11) is 0. The van der Waals surface area contributed by atoms with Gasteiger partial charge in [0.1, 0.15) is 5.82 Å². The molecule has 3 heteroatoms. The van der Waals surface area contributed by atoms with Crippen molar-refractivity contribution >= 4 is 11.6 Å². The third-order valence-corrected chi connectivity index (χ3v) is 3.22. The molecule has 1 aromatic rings. The largest absolute Gasteiger partial charge is 0.396 e. The lowest BCUT2D eigenvalue weighted by molar-refractivity contribution is 0.131. The van der Waals surface area contributed by atoms with Gasteiger partial charge in [0.15, 0.2) is 0 Å². The van der Waals surface area contributed by atoms with Crippen molar-refractivity contribution in [3.8, 4) is 0 Å². The van der Waals surface area contributed by atoms with Gasteiger partial charge in [0.2, 0.25) is 0 Å². The Kier molecular flexibility index (Phi) is 4.34. The van der Waals surface area contributed by atoms with Crippen molar-refractivity contribution < 1.29 is 9.50 Å². The number of aliphatic hydroxyl groups excluding tert-OH is 1. The fourth-order valence-corrected chi connectivity index (χ4v) is 1.71. The maximum Gasteiger partial charge on any atom is 0.142 e. The predicted molar refractivity (Wildman–Crippen MR) is 65.1 cm³/mol. The van der Waals surface area contributed by atoms with Gasteiger partial charge in [-0.1, -0.05) is 38.4 Å². The molecule has 90 valence electrons. The van der Waals surface area contributed by atoms with Crippen LogP contribution < -0.4 is 0 Å². The van der Waals surface area contributed by atoms with Gasteiger partial charge < -0.3 is 5.11 Å². The van der Waals surface area contributed by atoms with Gasteiger partial charge in [-0.25, -0.2) is 4.39 Å². The van der Waals surface area contributed by atoms with E-state index in [9.17, 15) is 9.50 Å². The first-order valence-corrected chi connectivity index (χ1v) is 5.77. The van der Waals surface area contributed by atoms with Crippen LogP contribution in [-0.2, 0) is 6.42 Å². The van der Waals surface area contributed by atoms with E-state index >= 15 is 0 Å². The molecule has 0 bridgehead atoms. The van der Waals surface area contributed by atoms with Crippen LogP contribution in [0.1, 0.15) is 26.3 Å². The van der Waals surface area contributed by atoms with E-state index in [4.69, 9.17) is 11.6 Å². The van der Waals surface area contributed by atoms with Gasteiger partial charge in [0, 0.05) is 6.61 Å². The lowest BCUT2D eigenvalue weighted by Crippen LogP contribution is -2.26.